The zero-order chi connectivity index (χ0) is 23.4. The van der Waals surface area contributed by atoms with Crippen molar-refractivity contribution >= 4 is 12.4 Å². The maximum Gasteiger partial charge on any atom is 0.417 e. The van der Waals surface area contributed by atoms with Gasteiger partial charge in [0, 0.05) is 17.0 Å². The number of fused-ring (bicyclic) bond motifs is 3. The number of halogens is 3. The molecular formula is C26H18F3NO3. The standard InChI is InChI=1S/C26H18F3NO3/c27-26(28,29)24-14-17(15-31)11-12-18(24)6-5-13-30-25(32)33-16-23-21-9-3-1-7-19(21)20-8-2-4-10-22(20)23/h1-4,7-12,14-15,23H,13,16H2,(H,30,32). The Kier molecular flexibility index (Phi) is 6.18. The van der Waals surface area contributed by atoms with Crippen LogP contribution in [0, 0.1) is 11.8 Å². The molecule has 3 aromatic rings. The van der Waals surface area contributed by atoms with Crippen LogP contribution in [0.4, 0.5) is 18.0 Å². The zero-order valence-electron chi connectivity index (χ0n) is 17.3. The van der Waals surface area contributed by atoms with Gasteiger partial charge in [0.15, 0.2) is 0 Å². The van der Waals surface area contributed by atoms with Gasteiger partial charge in [-0.1, -0.05) is 66.4 Å². The summed E-state index contributed by atoms with van der Waals surface area (Å²) in [5.74, 6) is 4.79. The van der Waals surface area contributed by atoms with Crippen LogP contribution in [0.15, 0.2) is 66.7 Å². The van der Waals surface area contributed by atoms with Gasteiger partial charge < -0.3 is 10.1 Å². The van der Waals surface area contributed by atoms with Gasteiger partial charge in [-0.05, 0) is 34.4 Å². The molecule has 1 amide bonds. The molecule has 33 heavy (non-hydrogen) atoms. The number of benzene rings is 3. The SMILES string of the molecule is O=Cc1ccc(C#CCNC(=O)OCC2c3ccccc3-c3ccccc32)c(C(F)(F)F)c1. The maximum absolute atomic E-state index is 13.2. The van der Waals surface area contributed by atoms with Crippen molar-refractivity contribution in [3.05, 3.63) is 94.5 Å². The van der Waals surface area contributed by atoms with E-state index in [-0.39, 0.29) is 30.2 Å². The molecule has 0 bridgehead atoms. The summed E-state index contributed by atoms with van der Waals surface area (Å²) in [5, 5.41) is 2.43. The van der Waals surface area contributed by atoms with E-state index in [1.54, 1.807) is 0 Å². The highest BCUT2D eigenvalue weighted by molar-refractivity contribution is 5.79. The fourth-order valence-corrected chi connectivity index (χ4v) is 3.88. The van der Waals surface area contributed by atoms with Crippen molar-refractivity contribution in [1.82, 2.24) is 5.32 Å². The summed E-state index contributed by atoms with van der Waals surface area (Å²) in [6.45, 7) is -0.0674. The summed E-state index contributed by atoms with van der Waals surface area (Å²) in [6, 6.07) is 19.0. The number of rotatable bonds is 4. The number of alkyl halides is 3. The third-order valence-corrected chi connectivity index (χ3v) is 5.37. The Labute approximate surface area is 188 Å². The first-order valence-electron chi connectivity index (χ1n) is 10.1. The van der Waals surface area contributed by atoms with Gasteiger partial charge in [0.2, 0.25) is 0 Å². The van der Waals surface area contributed by atoms with E-state index in [9.17, 15) is 22.8 Å². The Morgan fingerprint density at radius 3 is 2.24 bits per heavy atom. The minimum absolute atomic E-state index is 0.0929. The van der Waals surface area contributed by atoms with Crippen molar-refractivity contribution in [3.8, 4) is 23.0 Å². The van der Waals surface area contributed by atoms with Crippen molar-refractivity contribution in [1.29, 1.82) is 0 Å². The van der Waals surface area contributed by atoms with Crippen LogP contribution in [0.3, 0.4) is 0 Å². The molecule has 4 rings (SSSR count). The summed E-state index contributed by atoms with van der Waals surface area (Å²) < 4.78 is 44.9. The predicted octanol–water partition coefficient (Wildman–Crippen LogP) is 5.41. The van der Waals surface area contributed by atoms with Crippen LogP contribution in [0.1, 0.15) is 38.5 Å². The fraction of sp³-hybridized carbons (Fsp3) is 0.154. The summed E-state index contributed by atoms with van der Waals surface area (Å²) >= 11 is 0. The van der Waals surface area contributed by atoms with Gasteiger partial charge in [0.1, 0.15) is 12.9 Å². The highest BCUT2D eigenvalue weighted by Crippen LogP contribution is 2.44. The number of ether oxygens (including phenoxy) is 1. The van der Waals surface area contributed by atoms with E-state index in [1.807, 2.05) is 48.5 Å². The van der Waals surface area contributed by atoms with Gasteiger partial charge in [-0.2, -0.15) is 13.2 Å². The van der Waals surface area contributed by atoms with Gasteiger partial charge in [-0.25, -0.2) is 4.79 Å². The summed E-state index contributed by atoms with van der Waals surface area (Å²) in [6.07, 6.45) is -5.02. The number of carbonyl (C=O) groups excluding carboxylic acids is 2. The minimum Gasteiger partial charge on any atom is -0.449 e. The number of alkyl carbamates (subject to hydrolysis) is 1. The first kappa shape index (κ1) is 22.2. The lowest BCUT2D eigenvalue weighted by atomic mass is 9.98. The molecule has 0 fully saturated rings. The average molecular weight is 449 g/mol. The molecular weight excluding hydrogens is 431 g/mol. The smallest absolute Gasteiger partial charge is 0.417 e. The van der Waals surface area contributed by atoms with E-state index in [0.29, 0.717) is 6.29 Å². The third kappa shape index (κ3) is 4.75. The monoisotopic (exact) mass is 449 g/mol. The average Bonchev–Trinajstić information content (AvgIpc) is 3.13. The van der Waals surface area contributed by atoms with E-state index >= 15 is 0 Å². The van der Waals surface area contributed by atoms with E-state index < -0.39 is 17.8 Å². The van der Waals surface area contributed by atoms with Crippen LogP contribution in [-0.2, 0) is 10.9 Å². The third-order valence-electron chi connectivity index (χ3n) is 5.37. The Bertz CT molecular complexity index is 1230. The Morgan fingerprint density at radius 2 is 1.64 bits per heavy atom. The topological polar surface area (TPSA) is 55.4 Å². The van der Waals surface area contributed by atoms with E-state index in [0.717, 1.165) is 34.4 Å². The van der Waals surface area contributed by atoms with Gasteiger partial charge in [-0.3, -0.25) is 4.79 Å². The molecule has 1 aliphatic rings. The highest BCUT2D eigenvalue weighted by Gasteiger charge is 2.33. The van der Waals surface area contributed by atoms with Crippen molar-refractivity contribution in [2.24, 2.45) is 0 Å². The molecule has 4 nitrogen and oxygen atoms in total. The Balaban J connectivity index is 1.38. The zero-order valence-corrected chi connectivity index (χ0v) is 17.3. The first-order chi connectivity index (χ1) is 15.9. The second kappa shape index (κ2) is 9.21. The van der Waals surface area contributed by atoms with Gasteiger partial charge in [0.25, 0.3) is 0 Å². The molecule has 0 heterocycles. The van der Waals surface area contributed by atoms with Crippen molar-refractivity contribution < 1.29 is 27.5 Å². The molecule has 0 radical (unpaired) electrons. The first-order valence-corrected chi connectivity index (χ1v) is 10.1. The van der Waals surface area contributed by atoms with Crippen LogP contribution in [0.5, 0.6) is 0 Å². The normalized spacial score (nSPS) is 12.2. The van der Waals surface area contributed by atoms with Gasteiger partial charge >= 0.3 is 12.3 Å². The van der Waals surface area contributed by atoms with Gasteiger partial charge in [0.05, 0.1) is 12.1 Å². The van der Waals surface area contributed by atoms with E-state index in [2.05, 4.69) is 17.2 Å². The number of aldehydes is 1. The molecule has 0 spiro atoms. The quantitative estimate of drug-likeness (QED) is 0.428. The Hall–Kier alpha value is -4.05. The molecule has 0 saturated carbocycles. The molecule has 0 saturated heterocycles. The predicted molar refractivity (Wildman–Crippen MR) is 117 cm³/mol. The lowest BCUT2D eigenvalue weighted by Crippen LogP contribution is -2.26. The number of carbonyl (C=O) groups is 2. The lowest BCUT2D eigenvalue weighted by Gasteiger charge is -2.14. The highest BCUT2D eigenvalue weighted by atomic mass is 19.4. The summed E-state index contributed by atoms with van der Waals surface area (Å²) in [7, 11) is 0. The van der Waals surface area contributed by atoms with E-state index in [4.69, 9.17) is 4.74 Å². The second-order valence-electron chi connectivity index (χ2n) is 7.40. The van der Waals surface area contributed by atoms with Crippen molar-refractivity contribution in [2.75, 3.05) is 13.2 Å². The minimum atomic E-state index is -4.65. The molecule has 166 valence electrons. The molecule has 0 aromatic heterocycles. The van der Waals surface area contributed by atoms with Crippen LogP contribution in [-0.4, -0.2) is 25.5 Å². The Morgan fingerprint density at radius 1 is 1.00 bits per heavy atom. The van der Waals surface area contributed by atoms with E-state index in [1.165, 1.54) is 6.07 Å². The molecule has 0 unspecified atom stereocenters. The number of hydrogen-bond acceptors (Lipinski definition) is 3. The summed E-state index contributed by atoms with van der Waals surface area (Å²) in [5.41, 5.74) is 2.99. The molecule has 0 aliphatic heterocycles. The molecule has 1 N–H and O–H groups in total. The molecule has 3 aromatic carbocycles. The number of amides is 1. The number of hydrogen-bond donors (Lipinski definition) is 1. The molecule has 1 aliphatic carbocycles. The van der Waals surface area contributed by atoms with Crippen molar-refractivity contribution in [3.63, 3.8) is 0 Å². The van der Waals surface area contributed by atoms with Crippen LogP contribution in [0.25, 0.3) is 11.1 Å². The van der Waals surface area contributed by atoms with Crippen LogP contribution >= 0.6 is 0 Å². The summed E-state index contributed by atoms with van der Waals surface area (Å²) in [4.78, 5) is 22.9. The lowest BCUT2D eigenvalue weighted by molar-refractivity contribution is -0.137. The second-order valence-corrected chi connectivity index (χ2v) is 7.40. The molecule has 7 heteroatoms. The largest absolute Gasteiger partial charge is 0.449 e. The van der Waals surface area contributed by atoms with Crippen LogP contribution in [0.2, 0.25) is 0 Å². The van der Waals surface area contributed by atoms with Crippen molar-refractivity contribution in [2.45, 2.75) is 12.1 Å². The maximum atomic E-state index is 13.2. The number of nitrogens with one attached hydrogen (secondary N) is 1. The van der Waals surface area contributed by atoms with Crippen LogP contribution < -0.4 is 5.32 Å². The molecule has 0 atom stereocenters. The van der Waals surface area contributed by atoms with Gasteiger partial charge in [-0.15, -0.1) is 0 Å². The fourth-order valence-electron chi connectivity index (χ4n) is 3.88.